The molecule has 0 radical (unpaired) electrons. The van der Waals surface area contributed by atoms with Gasteiger partial charge in [-0.25, -0.2) is 0 Å². The van der Waals surface area contributed by atoms with E-state index in [1.165, 1.54) is 58.3 Å². The van der Waals surface area contributed by atoms with E-state index in [1.54, 1.807) is 6.08 Å². The molecule has 51 heavy (non-hydrogen) atoms. The lowest BCUT2D eigenvalue weighted by Gasteiger charge is -2.21. The lowest BCUT2D eigenvalue weighted by atomic mass is 9.99. The molecule has 3 aromatic heterocycles. The second-order valence-electron chi connectivity index (χ2n) is 12.6. The standard InChI is InChI=1S/C48H36N2S/c1-6-8-16-32(3)33(4)24-25-34(5)49(37-26-27-47-41(31-37)40-20-11-14-23-46(40)51-47)28-15-17-35(7-2)36-29-42-38-18-9-12-21-44(38)50-45-22-13-10-19-39(45)43(30-36)48(42)50/h6-31H,1-5H2. The summed E-state index contributed by atoms with van der Waals surface area (Å²) in [5.41, 5.74) is 9.28. The maximum absolute atomic E-state index is 4.48. The molecule has 0 aliphatic heterocycles. The van der Waals surface area contributed by atoms with E-state index >= 15 is 0 Å². The van der Waals surface area contributed by atoms with E-state index in [1.807, 2.05) is 41.7 Å². The van der Waals surface area contributed by atoms with E-state index in [4.69, 9.17) is 0 Å². The Morgan fingerprint density at radius 1 is 0.608 bits per heavy atom. The number of aromatic nitrogens is 1. The van der Waals surface area contributed by atoms with Gasteiger partial charge in [0.15, 0.2) is 0 Å². The number of fused-ring (bicyclic) bond motifs is 9. The van der Waals surface area contributed by atoms with Gasteiger partial charge in [0.2, 0.25) is 0 Å². The van der Waals surface area contributed by atoms with Gasteiger partial charge in [-0.1, -0.05) is 124 Å². The van der Waals surface area contributed by atoms with E-state index in [-0.39, 0.29) is 0 Å². The number of hydrogen-bond donors (Lipinski definition) is 0. The van der Waals surface area contributed by atoms with Gasteiger partial charge < -0.3 is 9.30 Å². The van der Waals surface area contributed by atoms with Gasteiger partial charge in [-0.2, -0.15) is 0 Å². The van der Waals surface area contributed by atoms with Crippen molar-refractivity contribution < 1.29 is 0 Å². The number of hydrogen-bond acceptors (Lipinski definition) is 2. The highest BCUT2D eigenvalue weighted by Gasteiger charge is 2.18. The predicted octanol–water partition coefficient (Wildman–Crippen LogP) is 13.7. The molecule has 0 saturated heterocycles. The Morgan fingerprint density at radius 2 is 1.24 bits per heavy atom. The first-order valence-electron chi connectivity index (χ1n) is 16.9. The molecule has 0 amide bonds. The van der Waals surface area contributed by atoms with E-state index in [2.05, 4.69) is 164 Å². The summed E-state index contributed by atoms with van der Waals surface area (Å²) < 4.78 is 4.93. The zero-order chi connectivity index (χ0) is 35.1. The summed E-state index contributed by atoms with van der Waals surface area (Å²) in [5, 5.41) is 7.46. The fourth-order valence-corrected chi connectivity index (χ4v) is 8.10. The maximum Gasteiger partial charge on any atom is 0.0620 e. The molecule has 3 heteroatoms. The summed E-state index contributed by atoms with van der Waals surface area (Å²) in [6.07, 6.45) is 17.6. The van der Waals surface area contributed by atoms with Gasteiger partial charge in [0.25, 0.3) is 0 Å². The summed E-state index contributed by atoms with van der Waals surface area (Å²) >= 11 is 1.81. The number of anilines is 1. The van der Waals surface area contributed by atoms with Crippen LogP contribution in [0.5, 0.6) is 0 Å². The first-order valence-corrected chi connectivity index (χ1v) is 17.7. The normalized spacial score (nSPS) is 12.6. The van der Waals surface area contributed by atoms with Crippen LogP contribution in [0.4, 0.5) is 5.69 Å². The zero-order valence-corrected chi connectivity index (χ0v) is 29.2. The Kier molecular flexibility index (Phi) is 8.19. The van der Waals surface area contributed by atoms with Crippen LogP contribution < -0.4 is 4.90 Å². The summed E-state index contributed by atoms with van der Waals surface area (Å²) in [7, 11) is 0. The summed E-state index contributed by atoms with van der Waals surface area (Å²) in [6, 6.07) is 37.1. The number of nitrogens with zero attached hydrogens (tertiary/aromatic N) is 2. The van der Waals surface area contributed by atoms with E-state index in [9.17, 15) is 0 Å². The second-order valence-corrected chi connectivity index (χ2v) is 13.7. The van der Waals surface area contributed by atoms with Crippen molar-refractivity contribution in [3.63, 3.8) is 0 Å². The highest BCUT2D eigenvalue weighted by molar-refractivity contribution is 7.25. The van der Waals surface area contributed by atoms with E-state index < -0.39 is 0 Å². The van der Waals surface area contributed by atoms with Crippen LogP contribution in [0.25, 0.3) is 63.8 Å². The van der Waals surface area contributed by atoms with Crippen LogP contribution in [-0.4, -0.2) is 4.40 Å². The lowest BCUT2D eigenvalue weighted by Crippen LogP contribution is -2.12. The minimum atomic E-state index is 0.791. The van der Waals surface area contributed by atoms with Gasteiger partial charge in [0.05, 0.1) is 16.6 Å². The molecule has 0 fully saturated rings. The van der Waals surface area contributed by atoms with Crippen molar-refractivity contribution in [3.8, 4) is 0 Å². The smallest absolute Gasteiger partial charge is 0.0620 e. The third-order valence-corrected chi connectivity index (χ3v) is 10.7. The topological polar surface area (TPSA) is 7.65 Å². The van der Waals surface area contributed by atoms with Crippen molar-refractivity contribution in [3.05, 3.63) is 213 Å². The lowest BCUT2D eigenvalue weighted by molar-refractivity contribution is 1.22. The predicted molar refractivity (Wildman–Crippen MR) is 226 cm³/mol. The fraction of sp³-hybridized carbons (Fsp3) is 0. The third kappa shape index (κ3) is 5.54. The molecule has 3 heterocycles. The van der Waals surface area contributed by atoms with Crippen molar-refractivity contribution in [1.82, 2.24) is 4.40 Å². The molecule has 8 aromatic rings. The summed E-state index contributed by atoms with van der Waals surface area (Å²) in [4.78, 5) is 2.11. The number of benzene rings is 5. The molecule has 0 bridgehead atoms. The van der Waals surface area contributed by atoms with Gasteiger partial charge >= 0.3 is 0 Å². The molecule has 244 valence electrons. The van der Waals surface area contributed by atoms with Crippen molar-refractivity contribution in [2.24, 2.45) is 0 Å². The quantitative estimate of drug-likeness (QED) is 0.124. The molecule has 8 rings (SSSR count). The Bertz CT molecular complexity index is 2760. The van der Waals surface area contributed by atoms with E-state index in [0.717, 1.165) is 33.7 Å². The Morgan fingerprint density at radius 3 is 1.92 bits per heavy atom. The number of para-hydroxylation sites is 2. The molecule has 0 saturated carbocycles. The average Bonchev–Trinajstić information content (AvgIpc) is 3.82. The Hall–Kier alpha value is -6.42. The molecule has 0 unspecified atom stereocenters. The molecule has 0 atom stereocenters. The van der Waals surface area contributed by atoms with Crippen molar-refractivity contribution >= 4 is 80.9 Å². The third-order valence-electron chi connectivity index (χ3n) is 9.54. The first kappa shape index (κ1) is 31.8. The highest BCUT2D eigenvalue weighted by atomic mass is 32.1. The first-order chi connectivity index (χ1) is 25.0. The second kappa shape index (κ2) is 13.1. The minimum absolute atomic E-state index is 0.791. The van der Waals surface area contributed by atoms with Gasteiger partial charge in [0.1, 0.15) is 0 Å². The highest BCUT2D eigenvalue weighted by Crippen LogP contribution is 2.41. The van der Waals surface area contributed by atoms with Gasteiger partial charge in [-0.15, -0.1) is 11.3 Å². The molecule has 2 nitrogen and oxygen atoms in total. The molecule has 0 aliphatic carbocycles. The van der Waals surface area contributed by atoms with Crippen LogP contribution in [0.15, 0.2) is 208 Å². The average molecular weight is 673 g/mol. The Labute approximate surface area is 302 Å². The van der Waals surface area contributed by atoms with Crippen molar-refractivity contribution in [2.75, 3.05) is 4.90 Å². The molecule has 0 spiro atoms. The van der Waals surface area contributed by atoms with Crippen LogP contribution in [-0.2, 0) is 0 Å². The maximum atomic E-state index is 4.48. The SMILES string of the molecule is C=CC=CC(=C)C(=C)C=CC(=C)N(C=CC=C(C=C)c1cc2c3ccccc3n3c4ccccc4c(c1)c23)c1ccc2sc3ccccc3c2c1. The largest absolute Gasteiger partial charge is 0.318 e. The Balaban J connectivity index is 1.21. The van der Waals surface area contributed by atoms with Crippen LogP contribution in [0.2, 0.25) is 0 Å². The summed E-state index contributed by atoms with van der Waals surface area (Å²) in [6.45, 7) is 20.8. The van der Waals surface area contributed by atoms with Crippen LogP contribution in [0.3, 0.4) is 0 Å². The minimum Gasteiger partial charge on any atom is -0.318 e. The van der Waals surface area contributed by atoms with Crippen molar-refractivity contribution in [2.45, 2.75) is 0 Å². The van der Waals surface area contributed by atoms with Gasteiger partial charge in [0, 0.05) is 59.3 Å². The van der Waals surface area contributed by atoms with Crippen LogP contribution in [0.1, 0.15) is 5.56 Å². The van der Waals surface area contributed by atoms with Gasteiger partial charge in [-0.3, -0.25) is 0 Å². The molecular weight excluding hydrogens is 637 g/mol. The zero-order valence-electron chi connectivity index (χ0n) is 28.3. The van der Waals surface area contributed by atoms with Gasteiger partial charge in [-0.05, 0) is 83.0 Å². The molecule has 5 aromatic carbocycles. The van der Waals surface area contributed by atoms with E-state index in [0.29, 0.717) is 0 Å². The fourth-order valence-electron chi connectivity index (χ4n) is 7.02. The monoisotopic (exact) mass is 672 g/mol. The molecule has 0 aliphatic rings. The molecule has 0 N–H and O–H groups in total. The number of allylic oxidation sites excluding steroid dienone is 11. The van der Waals surface area contributed by atoms with Crippen molar-refractivity contribution in [1.29, 1.82) is 0 Å². The van der Waals surface area contributed by atoms with Crippen LogP contribution >= 0.6 is 11.3 Å². The number of rotatable bonds is 11. The number of thiophene rings is 1. The molecular formula is C48H36N2S. The van der Waals surface area contributed by atoms with Crippen LogP contribution in [0, 0.1) is 0 Å². The summed E-state index contributed by atoms with van der Waals surface area (Å²) in [5.74, 6) is 0.